The minimum Gasteiger partial charge on any atom is -0.399 e. The highest BCUT2D eigenvalue weighted by Gasteiger charge is 2.08. The number of nitrogen functional groups attached to an aromatic ring is 1. The molecular formula is C23H23ClN2. The molecular weight excluding hydrogens is 340 g/mol. The largest absolute Gasteiger partial charge is 0.399 e. The molecule has 0 bridgehead atoms. The molecule has 3 aromatic carbocycles. The topological polar surface area (TPSA) is 38.4 Å². The third-order valence-corrected chi connectivity index (χ3v) is 4.70. The highest BCUT2D eigenvalue weighted by atomic mass is 35.5. The first-order chi connectivity index (χ1) is 12.5. The van der Waals surface area contributed by atoms with E-state index in [4.69, 9.17) is 22.3 Å². The van der Waals surface area contributed by atoms with Crippen molar-refractivity contribution in [3.63, 3.8) is 0 Å². The second kappa shape index (κ2) is 8.20. The van der Waals surface area contributed by atoms with E-state index in [0.717, 1.165) is 40.5 Å². The van der Waals surface area contributed by atoms with E-state index in [-0.39, 0.29) is 0 Å². The summed E-state index contributed by atoms with van der Waals surface area (Å²) < 4.78 is 0. The summed E-state index contributed by atoms with van der Waals surface area (Å²) in [6.07, 6.45) is 0.903. The summed E-state index contributed by atoms with van der Waals surface area (Å²) in [4.78, 5) is 4.80. The van der Waals surface area contributed by atoms with Crippen LogP contribution in [0.1, 0.15) is 23.6 Å². The summed E-state index contributed by atoms with van der Waals surface area (Å²) in [5.41, 5.74) is 13.6. The zero-order chi connectivity index (χ0) is 18.5. The molecule has 3 aromatic rings. The number of nitrogens with two attached hydrogens (primary N) is 1. The van der Waals surface area contributed by atoms with Crippen molar-refractivity contribution >= 4 is 23.0 Å². The van der Waals surface area contributed by atoms with Gasteiger partial charge >= 0.3 is 0 Å². The highest BCUT2D eigenvalue weighted by Crippen LogP contribution is 2.27. The molecule has 0 atom stereocenters. The van der Waals surface area contributed by atoms with Crippen LogP contribution in [0.2, 0.25) is 5.02 Å². The molecule has 0 radical (unpaired) electrons. The molecule has 0 aliphatic heterocycles. The smallest absolute Gasteiger partial charge is 0.0433 e. The molecule has 0 aromatic heterocycles. The summed E-state index contributed by atoms with van der Waals surface area (Å²) in [5, 5.41) is 0.747. The van der Waals surface area contributed by atoms with E-state index in [1.165, 1.54) is 16.7 Å². The standard InChI is InChI=1S/C23H23ClN2/c1-16-3-12-22(23(15-16)19-6-8-20(24)9-7-19)17(2)26-14-13-18-4-10-21(25)11-5-18/h3-12,15H,13-14,25H2,1-2H3. The lowest BCUT2D eigenvalue weighted by atomic mass is 9.95. The second-order valence-electron chi connectivity index (χ2n) is 6.51. The lowest BCUT2D eigenvalue weighted by molar-refractivity contribution is 0.967. The third kappa shape index (κ3) is 4.53. The Bertz CT molecular complexity index is 910. The molecule has 0 saturated carbocycles. The Morgan fingerprint density at radius 1 is 0.962 bits per heavy atom. The fourth-order valence-corrected chi connectivity index (χ4v) is 3.09. The Kier molecular flexibility index (Phi) is 5.75. The monoisotopic (exact) mass is 362 g/mol. The molecule has 2 nitrogen and oxygen atoms in total. The van der Waals surface area contributed by atoms with Gasteiger partial charge < -0.3 is 5.73 Å². The van der Waals surface area contributed by atoms with Crippen molar-refractivity contribution in [3.05, 3.63) is 88.4 Å². The Morgan fingerprint density at radius 2 is 1.65 bits per heavy atom. The summed E-state index contributed by atoms with van der Waals surface area (Å²) in [7, 11) is 0. The van der Waals surface area contributed by atoms with Crippen LogP contribution in [-0.4, -0.2) is 12.3 Å². The van der Waals surface area contributed by atoms with Crippen molar-refractivity contribution in [2.24, 2.45) is 4.99 Å². The Labute approximate surface area is 160 Å². The number of hydrogen-bond acceptors (Lipinski definition) is 2. The zero-order valence-electron chi connectivity index (χ0n) is 15.2. The van der Waals surface area contributed by atoms with Crippen molar-refractivity contribution in [1.82, 2.24) is 0 Å². The Balaban J connectivity index is 1.83. The van der Waals surface area contributed by atoms with Crippen LogP contribution < -0.4 is 5.73 Å². The van der Waals surface area contributed by atoms with Gasteiger partial charge in [-0.1, -0.05) is 59.6 Å². The number of hydrogen-bond donors (Lipinski definition) is 1. The van der Waals surface area contributed by atoms with Crippen LogP contribution >= 0.6 is 11.6 Å². The maximum absolute atomic E-state index is 6.04. The molecule has 3 heteroatoms. The van der Waals surface area contributed by atoms with Gasteiger partial charge in [-0.15, -0.1) is 0 Å². The van der Waals surface area contributed by atoms with E-state index in [9.17, 15) is 0 Å². The van der Waals surface area contributed by atoms with Crippen LogP contribution in [0.3, 0.4) is 0 Å². The predicted octanol–water partition coefficient (Wildman–Crippen LogP) is 5.95. The van der Waals surface area contributed by atoms with Gasteiger partial charge in [-0.2, -0.15) is 0 Å². The van der Waals surface area contributed by atoms with Crippen molar-refractivity contribution in [2.75, 3.05) is 12.3 Å². The van der Waals surface area contributed by atoms with Gasteiger partial charge in [0.1, 0.15) is 0 Å². The number of nitrogens with zero attached hydrogens (tertiary/aromatic N) is 1. The molecule has 0 unspecified atom stereocenters. The third-order valence-electron chi connectivity index (χ3n) is 4.45. The van der Waals surface area contributed by atoms with E-state index in [1.54, 1.807) is 0 Å². The molecule has 2 N–H and O–H groups in total. The molecule has 0 aliphatic rings. The van der Waals surface area contributed by atoms with Gasteiger partial charge in [0.15, 0.2) is 0 Å². The van der Waals surface area contributed by atoms with E-state index < -0.39 is 0 Å². The quantitative estimate of drug-likeness (QED) is 0.442. The number of halogens is 1. The average Bonchev–Trinajstić information content (AvgIpc) is 2.64. The molecule has 0 fully saturated rings. The average molecular weight is 363 g/mol. The zero-order valence-corrected chi connectivity index (χ0v) is 15.9. The number of anilines is 1. The van der Waals surface area contributed by atoms with E-state index in [1.807, 2.05) is 24.3 Å². The van der Waals surface area contributed by atoms with Gasteiger partial charge in [0.05, 0.1) is 0 Å². The van der Waals surface area contributed by atoms with Gasteiger partial charge in [0.2, 0.25) is 0 Å². The molecule has 0 spiro atoms. The Hall–Kier alpha value is -2.58. The van der Waals surface area contributed by atoms with Gasteiger partial charge in [-0.3, -0.25) is 4.99 Å². The first-order valence-electron chi connectivity index (χ1n) is 8.75. The van der Waals surface area contributed by atoms with Crippen LogP contribution in [-0.2, 0) is 6.42 Å². The normalized spacial score (nSPS) is 11.6. The van der Waals surface area contributed by atoms with E-state index in [2.05, 4.69) is 56.3 Å². The molecule has 132 valence electrons. The molecule has 0 aliphatic carbocycles. The van der Waals surface area contributed by atoms with Gasteiger partial charge in [0.25, 0.3) is 0 Å². The first-order valence-corrected chi connectivity index (χ1v) is 9.13. The molecule has 0 heterocycles. The summed E-state index contributed by atoms with van der Waals surface area (Å²) in [6.45, 7) is 4.94. The SMILES string of the molecule is CC(=NCCc1ccc(N)cc1)c1ccc(C)cc1-c1ccc(Cl)cc1. The molecule has 3 rings (SSSR count). The van der Waals surface area contributed by atoms with Crippen molar-refractivity contribution in [2.45, 2.75) is 20.3 Å². The van der Waals surface area contributed by atoms with Crippen molar-refractivity contribution in [3.8, 4) is 11.1 Å². The van der Waals surface area contributed by atoms with Crippen molar-refractivity contribution in [1.29, 1.82) is 0 Å². The second-order valence-corrected chi connectivity index (χ2v) is 6.95. The van der Waals surface area contributed by atoms with Crippen LogP contribution in [0, 0.1) is 6.92 Å². The van der Waals surface area contributed by atoms with Gasteiger partial charge in [-0.05, 0) is 61.2 Å². The minimum absolute atomic E-state index is 0.747. The molecule has 26 heavy (non-hydrogen) atoms. The number of aliphatic imine (C=N–C) groups is 1. The first kappa shape index (κ1) is 18.2. The van der Waals surface area contributed by atoms with E-state index >= 15 is 0 Å². The fourth-order valence-electron chi connectivity index (χ4n) is 2.96. The predicted molar refractivity (Wildman–Crippen MR) is 113 cm³/mol. The van der Waals surface area contributed by atoms with Gasteiger partial charge in [0, 0.05) is 28.5 Å². The van der Waals surface area contributed by atoms with Crippen LogP contribution in [0.5, 0.6) is 0 Å². The maximum Gasteiger partial charge on any atom is 0.0433 e. The van der Waals surface area contributed by atoms with Crippen LogP contribution in [0.4, 0.5) is 5.69 Å². The summed E-state index contributed by atoms with van der Waals surface area (Å²) in [6, 6.07) is 22.5. The van der Waals surface area contributed by atoms with Crippen LogP contribution in [0.25, 0.3) is 11.1 Å². The maximum atomic E-state index is 6.04. The van der Waals surface area contributed by atoms with Gasteiger partial charge in [-0.25, -0.2) is 0 Å². The summed E-state index contributed by atoms with van der Waals surface area (Å²) >= 11 is 6.04. The van der Waals surface area contributed by atoms with E-state index in [0.29, 0.717) is 0 Å². The molecule has 0 amide bonds. The highest BCUT2D eigenvalue weighted by molar-refractivity contribution is 6.30. The lowest BCUT2D eigenvalue weighted by Gasteiger charge is -2.11. The summed E-state index contributed by atoms with van der Waals surface area (Å²) in [5.74, 6) is 0. The molecule has 0 saturated heterocycles. The number of rotatable bonds is 5. The van der Waals surface area contributed by atoms with Crippen molar-refractivity contribution < 1.29 is 0 Å². The van der Waals surface area contributed by atoms with Crippen LogP contribution in [0.15, 0.2) is 71.7 Å². The number of benzene rings is 3. The lowest BCUT2D eigenvalue weighted by Crippen LogP contribution is -2.01. The number of aryl methyl sites for hydroxylation is 1. The Morgan fingerprint density at radius 3 is 2.35 bits per heavy atom. The fraction of sp³-hybridized carbons (Fsp3) is 0.174. The minimum atomic E-state index is 0.747.